The third-order valence-corrected chi connectivity index (χ3v) is 3.18. The van der Waals surface area contributed by atoms with E-state index in [1.807, 2.05) is 13.8 Å². The molecular formula is C14H20F3NO. The molecule has 0 amide bonds. The highest BCUT2D eigenvalue weighted by atomic mass is 19.4. The Hall–Kier alpha value is -1.07. The Morgan fingerprint density at radius 1 is 1.21 bits per heavy atom. The van der Waals surface area contributed by atoms with E-state index in [4.69, 9.17) is 0 Å². The van der Waals surface area contributed by atoms with Crippen molar-refractivity contribution < 1.29 is 18.3 Å². The van der Waals surface area contributed by atoms with Crippen molar-refractivity contribution in [1.29, 1.82) is 0 Å². The van der Waals surface area contributed by atoms with E-state index in [1.165, 1.54) is 6.07 Å². The van der Waals surface area contributed by atoms with Crippen LogP contribution in [-0.2, 0) is 6.18 Å². The van der Waals surface area contributed by atoms with Gasteiger partial charge >= 0.3 is 6.18 Å². The SMILES string of the molecule is CC(NC(CO)C(C)C)c1cccc(C(F)(F)F)c1. The second-order valence-corrected chi connectivity index (χ2v) is 5.04. The van der Waals surface area contributed by atoms with Crippen LogP contribution in [0.25, 0.3) is 0 Å². The van der Waals surface area contributed by atoms with E-state index in [9.17, 15) is 18.3 Å². The van der Waals surface area contributed by atoms with Gasteiger partial charge in [0.05, 0.1) is 12.2 Å². The first-order valence-corrected chi connectivity index (χ1v) is 6.29. The Labute approximate surface area is 111 Å². The van der Waals surface area contributed by atoms with E-state index in [-0.39, 0.29) is 24.6 Å². The molecule has 1 rings (SSSR count). The summed E-state index contributed by atoms with van der Waals surface area (Å²) in [5.41, 5.74) is -0.0855. The Kier molecular flexibility index (Phi) is 5.38. The fourth-order valence-electron chi connectivity index (χ4n) is 1.86. The molecule has 0 saturated carbocycles. The van der Waals surface area contributed by atoms with Crippen LogP contribution in [0.1, 0.15) is 37.9 Å². The fraction of sp³-hybridized carbons (Fsp3) is 0.571. The first-order chi connectivity index (χ1) is 8.75. The lowest BCUT2D eigenvalue weighted by molar-refractivity contribution is -0.137. The summed E-state index contributed by atoms with van der Waals surface area (Å²) in [7, 11) is 0. The maximum absolute atomic E-state index is 12.6. The molecular weight excluding hydrogens is 255 g/mol. The molecule has 1 aromatic rings. The van der Waals surface area contributed by atoms with Crippen molar-refractivity contribution in [2.24, 2.45) is 5.92 Å². The zero-order valence-electron chi connectivity index (χ0n) is 11.3. The van der Waals surface area contributed by atoms with E-state index in [0.717, 1.165) is 12.1 Å². The van der Waals surface area contributed by atoms with Crippen molar-refractivity contribution in [1.82, 2.24) is 5.32 Å². The number of halogens is 3. The topological polar surface area (TPSA) is 32.3 Å². The minimum absolute atomic E-state index is 0.0407. The highest BCUT2D eigenvalue weighted by molar-refractivity contribution is 5.27. The van der Waals surface area contributed by atoms with Gasteiger partial charge in [0.1, 0.15) is 0 Å². The van der Waals surface area contributed by atoms with Crippen LogP contribution in [0.4, 0.5) is 13.2 Å². The molecule has 1 aromatic carbocycles. The minimum Gasteiger partial charge on any atom is -0.395 e. The summed E-state index contributed by atoms with van der Waals surface area (Å²) in [6, 6.07) is 4.88. The molecule has 2 N–H and O–H groups in total. The third kappa shape index (κ3) is 4.51. The Morgan fingerprint density at radius 3 is 2.32 bits per heavy atom. The van der Waals surface area contributed by atoms with E-state index in [1.54, 1.807) is 13.0 Å². The van der Waals surface area contributed by atoms with Gasteiger partial charge in [-0.2, -0.15) is 13.2 Å². The lowest BCUT2D eigenvalue weighted by Gasteiger charge is -2.25. The van der Waals surface area contributed by atoms with E-state index in [0.29, 0.717) is 5.56 Å². The average molecular weight is 275 g/mol. The standard InChI is InChI=1S/C14H20F3NO/c1-9(2)13(8-19)18-10(3)11-5-4-6-12(7-11)14(15,16)17/h4-7,9-10,13,18-19H,8H2,1-3H3. The van der Waals surface area contributed by atoms with Crippen molar-refractivity contribution >= 4 is 0 Å². The third-order valence-electron chi connectivity index (χ3n) is 3.18. The van der Waals surface area contributed by atoms with Gasteiger partial charge in [0.15, 0.2) is 0 Å². The second-order valence-electron chi connectivity index (χ2n) is 5.04. The van der Waals surface area contributed by atoms with Crippen LogP contribution in [0.3, 0.4) is 0 Å². The van der Waals surface area contributed by atoms with Crippen molar-refractivity contribution in [3.8, 4) is 0 Å². The summed E-state index contributed by atoms with van der Waals surface area (Å²) < 4.78 is 37.9. The molecule has 19 heavy (non-hydrogen) atoms. The van der Waals surface area contributed by atoms with Crippen LogP contribution in [0.5, 0.6) is 0 Å². The van der Waals surface area contributed by atoms with Gasteiger partial charge in [0.25, 0.3) is 0 Å². The van der Waals surface area contributed by atoms with Crippen molar-refractivity contribution in [3.63, 3.8) is 0 Å². The zero-order valence-corrected chi connectivity index (χ0v) is 11.3. The molecule has 0 aliphatic rings. The fourth-order valence-corrected chi connectivity index (χ4v) is 1.86. The summed E-state index contributed by atoms with van der Waals surface area (Å²) in [4.78, 5) is 0. The molecule has 2 nitrogen and oxygen atoms in total. The average Bonchev–Trinajstić information content (AvgIpc) is 2.34. The lowest BCUT2D eigenvalue weighted by Crippen LogP contribution is -2.38. The van der Waals surface area contributed by atoms with Gasteiger partial charge in [0.2, 0.25) is 0 Å². The van der Waals surface area contributed by atoms with Gasteiger partial charge in [-0.1, -0.05) is 26.0 Å². The Morgan fingerprint density at radius 2 is 1.84 bits per heavy atom. The van der Waals surface area contributed by atoms with Gasteiger partial charge in [-0.25, -0.2) is 0 Å². The molecule has 2 atom stereocenters. The minimum atomic E-state index is -4.33. The van der Waals surface area contributed by atoms with E-state index >= 15 is 0 Å². The first-order valence-electron chi connectivity index (χ1n) is 6.29. The molecule has 0 saturated heterocycles. The normalized spacial score (nSPS) is 15.6. The highest BCUT2D eigenvalue weighted by Gasteiger charge is 2.30. The molecule has 0 spiro atoms. The molecule has 2 unspecified atom stereocenters. The Balaban J connectivity index is 2.85. The molecule has 0 aliphatic heterocycles. The van der Waals surface area contributed by atoms with Gasteiger partial charge in [0, 0.05) is 12.1 Å². The number of aliphatic hydroxyl groups excluding tert-OH is 1. The largest absolute Gasteiger partial charge is 0.416 e. The number of benzene rings is 1. The predicted molar refractivity (Wildman–Crippen MR) is 68.7 cm³/mol. The maximum atomic E-state index is 12.6. The predicted octanol–water partition coefficient (Wildman–Crippen LogP) is 3.37. The maximum Gasteiger partial charge on any atom is 0.416 e. The smallest absolute Gasteiger partial charge is 0.395 e. The molecule has 108 valence electrons. The molecule has 0 heterocycles. The summed E-state index contributed by atoms with van der Waals surface area (Å²) in [5.74, 6) is 0.207. The van der Waals surface area contributed by atoms with E-state index in [2.05, 4.69) is 5.32 Å². The number of aliphatic hydroxyl groups is 1. The lowest BCUT2D eigenvalue weighted by atomic mass is 10.0. The van der Waals surface area contributed by atoms with Crippen molar-refractivity contribution in [2.75, 3.05) is 6.61 Å². The van der Waals surface area contributed by atoms with Crippen LogP contribution < -0.4 is 5.32 Å². The quantitative estimate of drug-likeness (QED) is 0.863. The van der Waals surface area contributed by atoms with Crippen LogP contribution in [0, 0.1) is 5.92 Å². The van der Waals surface area contributed by atoms with Gasteiger partial charge < -0.3 is 10.4 Å². The zero-order chi connectivity index (χ0) is 14.6. The van der Waals surface area contributed by atoms with E-state index < -0.39 is 11.7 Å². The number of hydrogen-bond acceptors (Lipinski definition) is 2. The second kappa shape index (κ2) is 6.39. The monoisotopic (exact) mass is 275 g/mol. The first kappa shape index (κ1) is 16.0. The molecule has 0 aromatic heterocycles. The molecule has 0 bridgehead atoms. The Bertz CT molecular complexity index is 404. The molecule has 5 heteroatoms. The molecule has 0 aliphatic carbocycles. The van der Waals surface area contributed by atoms with Crippen molar-refractivity contribution in [2.45, 2.75) is 39.0 Å². The van der Waals surface area contributed by atoms with Crippen LogP contribution in [0.2, 0.25) is 0 Å². The highest BCUT2D eigenvalue weighted by Crippen LogP contribution is 2.30. The number of hydrogen-bond donors (Lipinski definition) is 2. The number of alkyl halides is 3. The van der Waals surface area contributed by atoms with Gasteiger partial charge in [-0.3, -0.25) is 0 Å². The van der Waals surface area contributed by atoms with Crippen LogP contribution in [-0.4, -0.2) is 17.8 Å². The summed E-state index contributed by atoms with van der Waals surface area (Å²) in [6.07, 6.45) is -4.33. The van der Waals surface area contributed by atoms with Crippen LogP contribution >= 0.6 is 0 Å². The van der Waals surface area contributed by atoms with Gasteiger partial charge in [-0.15, -0.1) is 0 Å². The summed E-state index contributed by atoms with van der Waals surface area (Å²) in [6.45, 7) is 5.65. The summed E-state index contributed by atoms with van der Waals surface area (Å²) in [5, 5.41) is 12.4. The molecule has 0 radical (unpaired) electrons. The number of nitrogens with one attached hydrogen (secondary N) is 1. The summed E-state index contributed by atoms with van der Waals surface area (Å²) >= 11 is 0. The van der Waals surface area contributed by atoms with Crippen LogP contribution in [0.15, 0.2) is 24.3 Å². The van der Waals surface area contributed by atoms with Crippen molar-refractivity contribution in [3.05, 3.63) is 35.4 Å². The number of rotatable bonds is 5. The van der Waals surface area contributed by atoms with Gasteiger partial charge in [-0.05, 0) is 30.5 Å². The molecule has 0 fully saturated rings.